The van der Waals surface area contributed by atoms with E-state index in [4.69, 9.17) is 5.73 Å². The Balaban J connectivity index is 1.85. The first kappa shape index (κ1) is 14.2. The van der Waals surface area contributed by atoms with Crippen LogP contribution in [0.5, 0.6) is 0 Å². The van der Waals surface area contributed by atoms with E-state index in [1.165, 1.54) is 41.4 Å². The molecule has 1 unspecified atom stereocenters. The van der Waals surface area contributed by atoms with Gasteiger partial charge in [0, 0.05) is 0 Å². The van der Waals surface area contributed by atoms with E-state index in [1.807, 2.05) is 11.3 Å². The van der Waals surface area contributed by atoms with Gasteiger partial charge in [0.05, 0.1) is 0 Å². The minimum atomic E-state index is 0.488. The van der Waals surface area contributed by atoms with Crippen molar-refractivity contribution in [2.45, 2.75) is 36.9 Å². The zero-order valence-electron chi connectivity index (χ0n) is 11.6. The Bertz CT molecular complexity index is 531. The maximum absolute atomic E-state index is 6.22. The Morgan fingerprint density at radius 3 is 2.45 bits per heavy atom. The molecule has 106 valence electrons. The van der Waals surface area contributed by atoms with E-state index in [9.17, 15) is 0 Å². The summed E-state index contributed by atoms with van der Waals surface area (Å²) in [6.07, 6.45) is 6.99. The molecule has 2 N–H and O–H groups in total. The molecule has 1 saturated carbocycles. The summed E-state index contributed by atoms with van der Waals surface area (Å²) >= 11 is 2.35. The second kappa shape index (κ2) is 6.80. The molecular weight excluding hydrogens is 329 g/mol. The summed E-state index contributed by atoms with van der Waals surface area (Å²) < 4.78 is 1.50. The number of hydrogen-bond acceptors (Lipinski definition) is 2. The molecule has 2 aromatic rings. The average Bonchev–Trinajstić information content (AvgIpc) is 2.93. The van der Waals surface area contributed by atoms with Gasteiger partial charge in [-0.25, -0.2) is 0 Å². The van der Waals surface area contributed by atoms with Crippen LogP contribution in [0.15, 0.2) is 41.8 Å². The molecule has 0 saturated heterocycles. The van der Waals surface area contributed by atoms with Gasteiger partial charge in [-0.05, 0) is 0 Å². The third-order valence-corrected chi connectivity index (χ3v) is 8.40. The van der Waals surface area contributed by atoms with Crippen molar-refractivity contribution in [2.24, 2.45) is 5.92 Å². The molecule has 1 atom stereocenters. The standard InChI is InChI=1S/C17H21NSSe/c18-15-11-12-19-16(15)17(13-7-3-1-4-8-13)20-14-9-5-2-6-10-14/h2,5-6,9-13,17H,1,3-4,7-8,18H2. The fourth-order valence-corrected chi connectivity index (χ4v) is 7.26. The van der Waals surface area contributed by atoms with Crippen LogP contribution in [0.25, 0.3) is 0 Å². The third-order valence-electron chi connectivity index (χ3n) is 4.07. The molecule has 1 aliphatic carbocycles. The topological polar surface area (TPSA) is 26.0 Å². The SMILES string of the molecule is Nc1ccsc1C([Se]c1ccccc1)C1CCCCC1. The summed E-state index contributed by atoms with van der Waals surface area (Å²) in [5.41, 5.74) is 7.24. The molecule has 0 aliphatic heterocycles. The zero-order chi connectivity index (χ0) is 13.8. The van der Waals surface area contributed by atoms with Crippen molar-refractivity contribution < 1.29 is 0 Å². The average molecular weight is 350 g/mol. The number of hydrogen-bond donors (Lipinski definition) is 1. The van der Waals surface area contributed by atoms with E-state index in [2.05, 4.69) is 41.8 Å². The Labute approximate surface area is 131 Å². The van der Waals surface area contributed by atoms with Crippen molar-refractivity contribution in [1.82, 2.24) is 0 Å². The summed E-state index contributed by atoms with van der Waals surface area (Å²) in [4.78, 5) is 2.12. The molecule has 20 heavy (non-hydrogen) atoms. The number of nitrogens with two attached hydrogens (primary N) is 1. The first-order valence-electron chi connectivity index (χ1n) is 7.39. The van der Waals surface area contributed by atoms with Crippen LogP contribution in [0.3, 0.4) is 0 Å². The van der Waals surface area contributed by atoms with Gasteiger partial charge in [0.25, 0.3) is 0 Å². The molecule has 1 aromatic heterocycles. The number of thiophene rings is 1. The zero-order valence-corrected chi connectivity index (χ0v) is 14.2. The van der Waals surface area contributed by atoms with Gasteiger partial charge in [0.15, 0.2) is 0 Å². The van der Waals surface area contributed by atoms with E-state index in [1.54, 1.807) is 0 Å². The van der Waals surface area contributed by atoms with E-state index in [0.717, 1.165) is 11.6 Å². The van der Waals surface area contributed by atoms with Gasteiger partial charge >= 0.3 is 132 Å². The number of nitrogen functional groups attached to an aromatic ring is 1. The molecule has 3 rings (SSSR count). The van der Waals surface area contributed by atoms with Crippen molar-refractivity contribution in [3.63, 3.8) is 0 Å². The minimum absolute atomic E-state index is 0.488. The van der Waals surface area contributed by atoms with Crippen molar-refractivity contribution in [1.29, 1.82) is 0 Å². The Hall–Kier alpha value is -0.761. The predicted molar refractivity (Wildman–Crippen MR) is 89.9 cm³/mol. The summed E-state index contributed by atoms with van der Waals surface area (Å²) in [6.45, 7) is 0. The van der Waals surface area contributed by atoms with Gasteiger partial charge in [-0.3, -0.25) is 0 Å². The van der Waals surface area contributed by atoms with Crippen molar-refractivity contribution in [3.05, 3.63) is 46.7 Å². The van der Waals surface area contributed by atoms with Crippen molar-refractivity contribution in [3.8, 4) is 0 Å². The van der Waals surface area contributed by atoms with Gasteiger partial charge in [-0.2, -0.15) is 0 Å². The molecular formula is C17H21NSSe. The summed E-state index contributed by atoms with van der Waals surface area (Å²) in [7, 11) is 0. The molecule has 0 amide bonds. The van der Waals surface area contributed by atoms with E-state index in [-0.39, 0.29) is 0 Å². The fraction of sp³-hybridized carbons (Fsp3) is 0.412. The second-order valence-corrected chi connectivity index (χ2v) is 8.99. The van der Waals surface area contributed by atoms with Crippen LogP contribution in [-0.4, -0.2) is 15.0 Å². The summed E-state index contributed by atoms with van der Waals surface area (Å²) in [6, 6.07) is 13.1. The van der Waals surface area contributed by atoms with E-state index in [0.29, 0.717) is 19.8 Å². The first-order chi connectivity index (χ1) is 9.84. The molecule has 0 radical (unpaired) electrons. The normalized spacial score (nSPS) is 18.0. The first-order valence-corrected chi connectivity index (χ1v) is 10.1. The predicted octanol–water partition coefficient (Wildman–Crippen LogP) is 3.98. The quantitative estimate of drug-likeness (QED) is 0.830. The maximum atomic E-state index is 6.22. The van der Waals surface area contributed by atoms with Gasteiger partial charge < -0.3 is 0 Å². The molecule has 0 bridgehead atoms. The second-order valence-electron chi connectivity index (χ2n) is 5.49. The number of anilines is 1. The molecule has 1 heterocycles. The molecule has 1 aromatic carbocycles. The Kier molecular flexibility index (Phi) is 4.82. The molecule has 1 fully saturated rings. The number of benzene rings is 1. The van der Waals surface area contributed by atoms with Gasteiger partial charge in [-0.15, -0.1) is 0 Å². The van der Waals surface area contributed by atoms with Crippen LogP contribution in [0.4, 0.5) is 5.69 Å². The Morgan fingerprint density at radius 2 is 1.80 bits per heavy atom. The van der Waals surface area contributed by atoms with Crippen LogP contribution in [0.1, 0.15) is 41.8 Å². The van der Waals surface area contributed by atoms with E-state index < -0.39 is 0 Å². The summed E-state index contributed by atoms with van der Waals surface area (Å²) in [5.74, 6) is 0.838. The molecule has 3 heteroatoms. The van der Waals surface area contributed by atoms with Gasteiger partial charge in [0.2, 0.25) is 0 Å². The number of rotatable bonds is 4. The van der Waals surface area contributed by atoms with Crippen LogP contribution in [0.2, 0.25) is 0 Å². The van der Waals surface area contributed by atoms with Gasteiger partial charge in [0.1, 0.15) is 0 Å². The van der Waals surface area contributed by atoms with Crippen LogP contribution in [-0.2, 0) is 0 Å². The molecule has 1 aliphatic rings. The third kappa shape index (κ3) is 3.28. The van der Waals surface area contributed by atoms with Crippen LogP contribution < -0.4 is 10.2 Å². The van der Waals surface area contributed by atoms with Gasteiger partial charge in [-0.1, -0.05) is 0 Å². The monoisotopic (exact) mass is 351 g/mol. The fourth-order valence-electron chi connectivity index (χ4n) is 3.01. The van der Waals surface area contributed by atoms with Crippen LogP contribution in [0, 0.1) is 5.92 Å². The Morgan fingerprint density at radius 1 is 1.05 bits per heavy atom. The van der Waals surface area contributed by atoms with E-state index >= 15 is 0 Å². The molecule has 0 spiro atoms. The van der Waals surface area contributed by atoms with Crippen LogP contribution >= 0.6 is 11.3 Å². The summed E-state index contributed by atoms with van der Waals surface area (Å²) in [5, 5.41) is 2.15. The van der Waals surface area contributed by atoms with Crippen molar-refractivity contribution >= 4 is 36.4 Å². The van der Waals surface area contributed by atoms with Crippen molar-refractivity contribution in [2.75, 3.05) is 5.73 Å². The molecule has 1 nitrogen and oxygen atoms in total.